The predicted octanol–water partition coefficient (Wildman–Crippen LogP) is 3.98. The van der Waals surface area contributed by atoms with Crippen LogP contribution in [0.3, 0.4) is 0 Å². The zero-order valence-corrected chi connectivity index (χ0v) is 16.8. The molecular formula is C21H26N2O3S. The topological polar surface area (TPSA) is 66.5 Å². The molecule has 0 spiro atoms. The number of benzene rings is 2. The summed E-state index contributed by atoms with van der Waals surface area (Å²) < 4.78 is 27.2. The van der Waals surface area contributed by atoms with Gasteiger partial charge in [0.1, 0.15) is 0 Å². The largest absolute Gasteiger partial charge is 0.322 e. The Morgan fingerprint density at radius 2 is 1.81 bits per heavy atom. The zero-order valence-electron chi connectivity index (χ0n) is 16.0. The first kappa shape index (κ1) is 19.6. The van der Waals surface area contributed by atoms with Gasteiger partial charge in [-0.05, 0) is 68.5 Å². The molecule has 27 heavy (non-hydrogen) atoms. The lowest BCUT2D eigenvalue weighted by atomic mass is 10.0. The van der Waals surface area contributed by atoms with Crippen molar-refractivity contribution >= 4 is 21.6 Å². The normalized spacial score (nSPS) is 18.3. The maximum Gasteiger partial charge on any atom is 0.255 e. The molecule has 1 amide bonds. The van der Waals surface area contributed by atoms with Gasteiger partial charge < -0.3 is 5.32 Å². The van der Waals surface area contributed by atoms with Crippen molar-refractivity contribution in [1.82, 2.24) is 4.31 Å². The Kier molecular flexibility index (Phi) is 5.67. The molecule has 1 aliphatic rings. The van der Waals surface area contributed by atoms with Gasteiger partial charge in [-0.15, -0.1) is 0 Å². The summed E-state index contributed by atoms with van der Waals surface area (Å²) in [4.78, 5) is 12.7. The van der Waals surface area contributed by atoms with E-state index in [1.165, 1.54) is 0 Å². The van der Waals surface area contributed by atoms with Crippen molar-refractivity contribution < 1.29 is 13.2 Å². The maximum absolute atomic E-state index is 12.8. The van der Waals surface area contributed by atoms with Crippen molar-refractivity contribution in [3.8, 4) is 0 Å². The van der Waals surface area contributed by atoms with Crippen LogP contribution in [0.15, 0.2) is 47.4 Å². The molecule has 2 aromatic rings. The molecule has 0 bridgehead atoms. The van der Waals surface area contributed by atoms with E-state index in [1.54, 1.807) is 34.6 Å². The fourth-order valence-electron chi connectivity index (χ4n) is 3.49. The fourth-order valence-corrected chi connectivity index (χ4v) is 5.09. The number of nitrogens with one attached hydrogen (secondary N) is 1. The second-order valence-corrected chi connectivity index (χ2v) is 9.35. The van der Waals surface area contributed by atoms with Gasteiger partial charge in [-0.25, -0.2) is 8.42 Å². The van der Waals surface area contributed by atoms with Gasteiger partial charge in [0.25, 0.3) is 5.91 Å². The molecule has 0 radical (unpaired) electrons. The lowest BCUT2D eigenvalue weighted by Gasteiger charge is -2.30. The van der Waals surface area contributed by atoms with Crippen molar-refractivity contribution in [1.29, 1.82) is 0 Å². The van der Waals surface area contributed by atoms with E-state index < -0.39 is 10.0 Å². The van der Waals surface area contributed by atoms with E-state index in [1.807, 2.05) is 26.0 Å². The SMILES string of the molecule is Cc1ccc(C(=O)Nc2ccc(S(=O)(=O)N3CCCC(C)C3)cc2)c(C)c1. The van der Waals surface area contributed by atoms with Crippen LogP contribution in [0.2, 0.25) is 0 Å². The van der Waals surface area contributed by atoms with Crippen molar-refractivity contribution in [2.24, 2.45) is 5.92 Å². The summed E-state index contributed by atoms with van der Waals surface area (Å²) in [7, 11) is -3.48. The molecule has 0 saturated carbocycles. The van der Waals surface area contributed by atoms with E-state index >= 15 is 0 Å². The van der Waals surface area contributed by atoms with E-state index in [0.29, 0.717) is 30.3 Å². The number of rotatable bonds is 4. The Morgan fingerprint density at radius 1 is 1.11 bits per heavy atom. The van der Waals surface area contributed by atoms with Gasteiger partial charge in [-0.2, -0.15) is 4.31 Å². The Hall–Kier alpha value is -2.18. The number of hydrogen-bond donors (Lipinski definition) is 1. The fraction of sp³-hybridized carbons (Fsp3) is 0.381. The van der Waals surface area contributed by atoms with Crippen LogP contribution in [0.25, 0.3) is 0 Å². The van der Waals surface area contributed by atoms with Crippen LogP contribution in [-0.4, -0.2) is 31.7 Å². The minimum atomic E-state index is -3.48. The lowest BCUT2D eigenvalue weighted by molar-refractivity contribution is 0.102. The van der Waals surface area contributed by atoms with Gasteiger partial charge in [-0.3, -0.25) is 4.79 Å². The minimum Gasteiger partial charge on any atom is -0.322 e. The Balaban J connectivity index is 1.74. The van der Waals surface area contributed by atoms with Crippen LogP contribution in [0.4, 0.5) is 5.69 Å². The summed E-state index contributed by atoms with van der Waals surface area (Å²) in [6.07, 6.45) is 1.96. The smallest absolute Gasteiger partial charge is 0.255 e. The highest BCUT2D eigenvalue weighted by Gasteiger charge is 2.28. The molecule has 1 aliphatic heterocycles. The van der Waals surface area contributed by atoms with Crippen LogP contribution >= 0.6 is 0 Å². The number of carbonyl (C=O) groups is 1. The Bertz CT molecular complexity index is 936. The molecule has 1 N–H and O–H groups in total. The molecule has 5 nitrogen and oxygen atoms in total. The molecule has 1 fully saturated rings. The number of carbonyl (C=O) groups excluding carboxylic acids is 1. The third-order valence-electron chi connectivity index (χ3n) is 5.00. The van der Waals surface area contributed by atoms with Gasteiger partial charge in [-0.1, -0.05) is 24.6 Å². The Labute approximate surface area is 161 Å². The first-order chi connectivity index (χ1) is 12.8. The first-order valence-electron chi connectivity index (χ1n) is 9.26. The second-order valence-electron chi connectivity index (χ2n) is 7.41. The molecule has 1 atom stereocenters. The summed E-state index contributed by atoms with van der Waals surface area (Å²) in [6.45, 7) is 7.09. The van der Waals surface area contributed by atoms with Crippen LogP contribution in [-0.2, 0) is 10.0 Å². The van der Waals surface area contributed by atoms with Gasteiger partial charge in [0.15, 0.2) is 0 Å². The highest BCUT2D eigenvalue weighted by atomic mass is 32.2. The van der Waals surface area contributed by atoms with E-state index in [4.69, 9.17) is 0 Å². The van der Waals surface area contributed by atoms with Gasteiger partial charge >= 0.3 is 0 Å². The number of nitrogens with zero attached hydrogens (tertiary/aromatic N) is 1. The van der Waals surface area contributed by atoms with Crippen molar-refractivity contribution in [3.05, 3.63) is 59.2 Å². The molecule has 1 saturated heterocycles. The van der Waals surface area contributed by atoms with Gasteiger partial charge in [0.05, 0.1) is 4.90 Å². The van der Waals surface area contributed by atoms with E-state index in [9.17, 15) is 13.2 Å². The van der Waals surface area contributed by atoms with Crippen molar-refractivity contribution in [2.45, 2.75) is 38.5 Å². The number of piperidine rings is 1. The number of sulfonamides is 1. The van der Waals surface area contributed by atoms with E-state index in [0.717, 1.165) is 24.0 Å². The van der Waals surface area contributed by atoms with Crippen LogP contribution in [0.5, 0.6) is 0 Å². The third-order valence-corrected chi connectivity index (χ3v) is 6.88. The van der Waals surface area contributed by atoms with E-state index in [2.05, 4.69) is 12.2 Å². The number of amides is 1. The van der Waals surface area contributed by atoms with Gasteiger partial charge in [0, 0.05) is 24.3 Å². The molecule has 6 heteroatoms. The molecule has 2 aromatic carbocycles. The minimum absolute atomic E-state index is 0.201. The molecule has 0 aliphatic carbocycles. The summed E-state index contributed by atoms with van der Waals surface area (Å²) >= 11 is 0. The molecular weight excluding hydrogens is 360 g/mol. The highest BCUT2D eigenvalue weighted by molar-refractivity contribution is 7.89. The quantitative estimate of drug-likeness (QED) is 0.864. The van der Waals surface area contributed by atoms with Crippen LogP contribution in [0, 0.1) is 19.8 Å². The van der Waals surface area contributed by atoms with Crippen molar-refractivity contribution in [2.75, 3.05) is 18.4 Å². The van der Waals surface area contributed by atoms with Crippen LogP contribution < -0.4 is 5.32 Å². The predicted molar refractivity (Wildman–Crippen MR) is 107 cm³/mol. The average Bonchev–Trinajstić information content (AvgIpc) is 2.62. The van der Waals surface area contributed by atoms with Gasteiger partial charge in [0.2, 0.25) is 10.0 Å². The number of aryl methyl sites for hydroxylation is 2. The maximum atomic E-state index is 12.8. The first-order valence-corrected chi connectivity index (χ1v) is 10.7. The molecule has 1 unspecified atom stereocenters. The highest BCUT2D eigenvalue weighted by Crippen LogP contribution is 2.24. The average molecular weight is 387 g/mol. The monoisotopic (exact) mass is 386 g/mol. The lowest BCUT2D eigenvalue weighted by Crippen LogP contribution is -2.39. The summed E-state index contributed by atoms with van der Waals surface area (Å²) in [6, 6.07) is 12.1. The van der Waals surface area contributed by atoms with Crippen molar-refractivity contribution in [3.63, 3.8) is 0 Å². The summed E-state index contributed by atoms with van der Waals surface area (Å²) in [5.74, 6) is 0.179. The molecule has 3 rings (SSSR count). The number of anilines is 1. The Morgan fingerprint density at radius 3 is 2.44 bits per heavy atom. The van der Waals surface area contributed by atoms with Crippen LogP contribution in [0.1, 0.15) is 41.3 Å². The molecule has 0 aromatic heterocycles. The zero-order chi connectivity index (χ0) is 19.6. The summed E-state index contributed by atoms with van der Waals surface area (Å²) in [5, 5.41) is 2.84. The third kappa shape index (κ3) is 4.39. The standard InChI is InChI=1S/C21H26N2O3S/c1-15-6-11-20(17(3)13-15)21(24)22-18-7-9-19(10-8-18)27(25,26)23-12-4-5-16(2)14-23/h6-11,13,16H,4-5,12,14H2,1-3H3,(H,22,24). The summed E-state index contributed by atoms with van der Waals surface area (Å²) in [5.41, 5.74) is 3.20. The molecule has 1 heterocycles. The van der Waals surface area contributed by atoms with E-state index in [-0.39, 0.29) is 10.8 Å². The number of hydrogen-bond acceptors (Lipinski definition) is 3. The molecule has 144 valence electrons. The second kappa shape index (κ2) is 7.82.